The Balaban J connectivity index is 1.82. The number of ether oxygens (including phenoxy) is 1. The van der Waals surface area contributed by atoms with Gasteiger partial charge in [-0.15, -0.1) is 0 Å². The Hall–Kier alpha value is -2.34. The molecule has 26 heavy (non-hydrogen) atoms. The molecule has 1 aromatic rings. The molecule has 6 nitrogen and oxygen atoms in total. The normalized spacial score (nSPS) is 20.8. The van der Waals surface area contributed by atoms with Crippen LogP contribution in [0.5, 0.6) is 0 Å². The zero-order valence-corrected chi connectivity index (χ0v) is 15.6. The zero-order chi connectivity index (χ0) is 18.6. The van der Waals surface area contributed by atoms with Crippen molar-refractivity contribution in [1.82, 2.24) is 9.80 Å². The average Bonchev–Trinajstić information content (AvgIpc) is 3.14. The van der Waals surface area contributed by atoms with E-state index in [0.717, 1.165) is 63.1 Å². The smallest absolute Gasteiger partial charge is 0.216 e. The molecule has 0 atom stereocenters. The molecule has 1 aromatic carbocycles. The van der Waals surface area contributed by atoms with E-state index in [2.05, 4.69) is 9.89 Å². The summed E-state index contributed by atoms with van der Waals surface area (Å²) in [5.41, 5.74) is 8.51. The second kappa shape index (κ2) is 7.91. The number of carbonyl (C=O) groups is 1. The lowest BCUT2D eigenvalue weighted by Gasteiger charge is -2.40. The number of guanidine groups is 1. The number of rotatable bonds is 3. The summed E-state index contributed by atoms with van der Waals surface area (Å²) < 4.78 is 5.60. The summed E-state index contributed by atoms with van der Waals surface area (Å²) in [6.45, 7) is 5.39. The molecule has 2 saturated heterocycles. The highest BCUT2D eigenvalue weighted by Gasteiger charge is 2.39. The molecule has 2 heterocycles. The van der Waals surface area contributed by atoms with Crippen LogP contribution in [0.25, 0.3) is 5.57 Å². The topological polar surface area (TPSA) is 71.2 Å². The molecule has 0 radical (unpaired) electrons. The highest BCUT2D eigenvalue weighted by Crippen LogP contribution is 2.39. The largest absolute Gasteiger partial charge is 0.383 e. The van der Waals surface area contributed by atoms with Crippen LogP contribution in [-0.2, 0) is 9.53 Å². The minimum Gasteiger partial charge on any atom is -0.383 e. The van der Waals surface area contributed by atoms with Gasteiger partial charge in [0.2, 0.25) is 12.4 Å². The van der Waals surface area contributed by atoms with Crippen molar-refractivity contribution < 1.29 is 9.53 Å². The Morgan fingerprint density at radius 1 is 1.27 bits per heavy atom. The van der Waals surface area contributed by atoms with Crippen molar-refractivity contribution in [2.75, 3.05) is 33.4 Å². The molecule has 0 bridgehead atoms. The maximum absolute atomic E-state index is 11.4. The predicted molar refractivity (Wildman–Crippen MR) is 103 cm³/mol. The van der Waals surface area contributed by atoms with E-state index in [1.165, 1.54) is 4.90 Å². The van der Waals surface area contributed by atoms with E-state index < -0.39 is 0 Å². The second-order valence-corrected chi connectivity index (χ2v) is 7.29. The van der Waals surface area contributed by atoms with E-state index in [-0.39, 0.29) is 0 Å². The minimum atomic E-state index is 0.308. The second-order valence-electron chi connectivity index (χ2n) is 7.29. The maximum Gasteiger partial charge on any atom is 0.216 e. The molecular formula is C20H28N4O2. The summed E-state index contributed by atoms with van der Waals surface area (Å²) >= 11 is 0. The van der Waals surface area contributed by atoms with Gasteiger partial charge in [-0.1, -0.05) is 30.3 Å². The highest BCUT2D eigenvalue weighted by molar-refractivity contribution is 5.90. The number of likely N-dealkylation sites (tertiary alicyclic amines) is 1. The van der Waals surface area contributed by atoms with Gasteiger partial charge in [0.25, 0.3) is 0 Å². The van der Waals surface area contributed by atoms with Crippen LogP contribution in [0.3, 0.4) is 0 Å². The quantitative estimate of drug-likeness (QED) is 0.512. The molecule has 0 saturated carbocycles. The Bertz CT molecular complexity index is 683. The van der Waals surface area contributed by atoms with E-state index in [0.29, 0.717) is 17.2 Å². The standard InChI is InChI=1S/C20H28N4O2/c1-16(17-6-4-3-5-7-17)18(21)22-19(23(2)15-25)24-11-8-20(9-12-24)10-13-26-14-20/h3-7,15H,8-14,21H2,1-2H3/b18-16+,22-19?. The van der Waals surface area contributed by atoms with Gasteiger partial charge in [0.05, 0.1) is 6.61 Å². The van der Waals surface area contributed by atoms with Crippen LogP contribution >= 0.6 is 0 Å². The number of carbonyl (C=O) groups excluding carboxylic acids is 1. The molecule has 3 rings (SSSR count). The Morgan fingerprint density at radius 2 is 1.96 bits per heavy atom. The van der Waals surface area contributed by atoms with Crippen molar-refractivity contribution in [2.45, 2.75) is 26.2 Å². The fraction of sp³-hybridized carbons (Fsp3) is 0.500. The molecule has 2 fully saturated rings. The van der Waals surface area contributed by atoms with Gasteiger partial charge in [-0.25, -0.2) is 0 Å². The molecule has 2 aliphatic rings. The number of nitrogens with zero attached hydrogens (tertiary/aromatic N) is 3. The minimum absolute atomic E-state index is 0.308. The van der Waals surface area contributed by atoms with Gasteiger partial charge in [-0.3, -0.25) is 9.69 Å². The summed E-state index contributed by atoms with van der Waals surface area (Å²) in [7, 11) is 1.72. The van der Waals surface area contributed by atoms with Crippen LogP contribution in [0, 0.1) is 5.41 Å². The van der Waals surface area contributed by atoms with Crippen molar-refractivity contribution in [3.63, 3.8) is 0 Å². The fourth-order valence-corrected chi connectivity index (χ4v) is 3.67. The van der Waals surface area contributed by atoms with Crippen LogP contribution < -0.4 is 5.73 Å². The van der Waals surface area contributed by atoms with E-state index in [1.54, 1.807) is 7.05 Å². The molecular weight excluding hydrogens is 328 g/mol. The van der Waals surface area contributed by atoms with E-state index in [1.807, 2.05) is 37.3 Å². The summed E-state index contributed by atoms with van der Waals surface area (Å²) in [6.07, 6.45) is 4.03. The van der Waals surface area contributed by atoms with Gasteiger partial charge in [-0.05, 0) is 42.7 Å². The zero-order valence-electron chi connectivity index (χ0n) is 15.6. The molecule has 2 N–H and O–H groups in total. The fourth-order valence-electron chi connectivity index (χ4n) is 3.67. The Labute approximate surface area is 155 Å². The van der Waals surface area contributed by atoms with Crippen LogP contribution in [0.4, 0.5) is 0 Å². The lowest BCUT2D eigenvalue weighted by molar-refractivity contribution is -0.114. The SMILES string of the molecule is C/C(=C(/N)N=C(N(C)C=O)N1CCC2(CCOC2)CC1)c1ccccc1. The molecule has 6 heteroatoms. The number of nitrogens with two attached hydrogens (primary N) is 1. The third kappa shape index (κ3) is 3.90. The van der Waals surface area contributed by atoms with Crippen LogP contribution in [0.1, 0.15) is 31.7 Å². The van der Waals surface area contributed by atoms with Crippen LogP contribution in [0.2, 0.25) is 0 Å². The summed E-state index contributed by atoms with van der Waals surface area (Å²) in [5, 5.41) is 0. The van der Waals surface area contributed by atoms with E-state index in [4.69, 9.17) is 10.5 Å². The summed E-state index contributed by atoms with van der Waals surface area (Å²) in [6, 6.07) is 9.93. The number of hydrogen-bond acceptors (Lipinski definition) is 4. The highest BCUT2D eigenvalue weighted by atomic mass is 16.5. The van der Waals surface area contributed by atoms with Crippen molar-refractivity contribution in [3.05, 3.63) is 41.7 Å². The Morgan fingerprint density at radius 3 is 2.54 bits per heavy atom. The molecule has 1 spiro atoms. The summed E-state index contributed by atoms with van der Waals surface area (Å²) in [4.78, 5) is 19.7. The van der Waals surface area contributed by atoms with Gasteiger partial charge < -0.3 is 15.4 Å². The molecule has 0 aromatic heterocycles. The van der Waals surface area contributed by atoms with Gasteiger partial charge in [-0.2, -0.15) is 4.99 Å². The van der Waals surface area contributed by atoms with Crippen LogP contribution in [0.15, 0.2) is 41.1 Å². The number of allylic oxidation sites excluding steroid dienone is 1. The number of hydrogen-bond donors (Lipinski definition) is 1. The predicted octanol–water partition coefficient (Wildman–Crippen LogP) is 2.28. The monoisotopic (exact) mass is 356 g/mol. The van der Waals surface area contributed by atoms with E-state index in [9.17, 15) is 4.79 Å². The Kier molecular flexibility index (Phi) is 5.61. The van der Waals surface area contributed by atoms with Gasteiger partial charge in [0.15, 0.2) is 0 Å². The average molecular weight is 356 g/mol. The summed E-state index contributed by atoms with van der Waals surface area (Å²) in [5.74, 6) is 1.05. The number of piperidine rings is 1. The molecule has 0 unspecified atom stereocenters. The van der Waals surface area contributed by atoms with Gasteiger partial charge in [0.1, 0.15) is 5.82 Å². The number of amides is 1. The first kappa shape index (κ1) is 18.5. The van der Waals surface area contributed by atoms with Crippen molar-refractivity contribution in [2.24, 2.45) is 16.1 Å². The van der Waals surface area contributed by atoms with Gasteiger partial charge in [0, 0.05) is 26.7 Å². The molecule has 2 aliphatic heterocycles. The lowest BCUT2D eigenvalue weighted by Crippen LogP contribution is -2.48. The number of aliphatic imine (C=N–C) groups is 1. The number of benzene rings is 1. The van der Waals surface area contributed by atoms with Crippen molar-refractivity contribution >= 4 is 17.9 Å². The maximum atomic E-state index is 11.4. The lowest BCUT2D eigenvalue weighted by atomic mass is 9.78. The van der Waals surface area contributed by atoms with Crippen LogP contribution in [-0.4, -0.2) is 55.5 Å². The van der Waals surface area contributed by atoms with E-state index >= 15 is 0 Å². The molecule has 140 valence electrons. The first-order valence-corrected chi connectivity index (χ1v) is 9.16. The first-order valence-electron chi connectivity index (χ1n) is 9.16. The van der Waals surface area contributed by atoms with Crippen molar-refractivity contribution in [1.29, 1.82) is 0 Å². The van der Waals surface area contributed by atoms with Gasteiger partial charge >= 0.3 is 0 Å². The first-order chi connectivity index (χ1) is 12.5. The molecule has 1 amide bonds. The molecule has 0 aliphatic carbocycles. The third-order valence-corrected chi connectivity index (χ3v) is 5.58. The van der Waals surface area contributed by atoms with Crippen molar-refractivity contribution in [3.8, 4) is 0 Å². The third-order valence-electron chi connectivity index (χ3n) is 5.58.